The predicted molar refractivity (Wildman–Crippen MR) is 57.6 cm³/mol. The van der Waals surface area contributed by atoms with Gasteiger partial charge in [-0.1, -0.05) is 6.92 Å². The van der Waals surface area contributed by atoms with Crippen molar-refractivity contribution in [2.24, 2.45) is 5.73 Å². The minimum atomic E-state index is 0.231. The number of hydrogen-bond acceptors (Lipinski definition) is 4. The van der Waals surface area contributed by atoms with Crippen LogP contribution in [0.1, 0.15) is 30.8 Å². The summed E-state index contributed by atoms with van der Waals surface area (Å²) in [5.74, 6) is 1.09. The highest BCUT2D eigenvalue weighted by atomic mass is 15.4. The first kappa shape index (κ1) is 10.0. The maximum absolute atomic E-state index is 5.69. The molecule has 0 amide bonds. The van der Waals surface area contributed by atoms with E-state index in [1.54, 1.807) is 4.52 Å². The Kier molecular flexibility index (Phi) is 2.64. The van der Waals surface area contributed by atoms with E-state index in [1.807, 2.05) is 19.1 Å². The quantitative estimate of drug-likeness (QED) is 0.807. The average molecular weight is 205 g/mol. The molecule has 0 spiro atoms. The van der Waals surface area contributed by atoms with Crippen LogP contribution < -0.4 is 5.73 Å². The second-order valence-corrected chi connectivity index (χ2v) is 3.64. The van der Waals surface area contributed by atoms with Crippen LogP contribution in [0.5, 0.6) is 0 Å². The van der Waals surface area contributed by atoms with Crippen molar-refractivity contribution in [3.05, 3.63) is 23.7 Å². The van der Waals surface area contributed by atoms with Gasteiger partial charge >= 0.3 is 0 Å². The zero-order chi connectivity index (χ0) is 10.8. The largest absolute Gasteiger partial charge is 0.330 e. The summed E-state index contributed by atoms with van der Waals surface area (Å²) in [5.41, 5.74) is 7.43. The van der Waals surface area contributed by atoms with Crippen LogP contribution in [0, 0.1) is 6.92 Å². The van der Waals surface area contributed by atoms with Gasteiger partial charge < -0.3 is 5.73 Å². The van der Waals surface area contributed by atoms with Gasteiger partial charge in [-0.05, 0) is 25.5 Å². The molecule has 0 aromatic carbocycles. The maximum atomic E-state index is 5.69. The molecule has 80 valence electrons. The van der Waals surface area contributed by atoms with Gasteiger partial charge in [-0.25, -0.2) is 0 Å². The lowest BCUT2D eigenvalue weighted by atomic mass is 10.1. The van der Waals surface area contributed by atoms with Crippen molar-refractivity contribution in [2.45, 2.75) is 26.2 Å². The van der Waals surface area contributed by atoms with Crippen LogP contribution in [0.4, 0.5) is 0 Å². The predicted octanol–water partition coefficient (Wildman–Crippen LogP) is 0.885. The molecule has 0 radical (unpaired) electrons. The molecule has 2 N–H and O–H groups in total. The van der Waals surface area contributed by atoms with Gasteiger partial charge in [0, 0.05) is 12.5 Å². The van der Waals surface area contributed by atoms with E-state index in [0.29, 0.717) is 6.54 Å². The van der Waals surface area contributed by atoms with Gasteiger partial charge in [0.15, 0.2) is 11.5 Å². The first-order valence-electron chi connectivity index (χ1n) is 5.15. The molecule has 5 heteroatoms. The summed E-state index contributed by atoms with van der Waals surface area (Å²) in [6.45, 7) is 4.62. The zero-order valence-electron chi connectivity index (χ0n) is 9.01. The van der Waals surface area contributed by atoms with E-state index in [9.17, 15) is 0 Å². The van der Waals surface area contributed by atoms with Gasteiger partial charge in [0.25, 0.3) is 0 Å². The summed E-state index contributed by atoms with van der Waals surface area (Å²) >= 11 is 0. The van der Waals surface area contributed by atoms with Crippen LogP contribution in [0.25, 0.3) is 5.65 Å². The molecule has 1 unspecified atom stereocenters. The van der Waals surface area contributed by atoms with E-state index in [2.05, 4.69) is 22.2 Å². The molecular weight excluding hydrogens is 190 g/mol. The van der Waals surface area contributed by atoms with Crippen molar-refractivity contribution in [3.8, 4) is 0 Å². The first-order valence-corrected chi connectivity index (χ1v) is 5.15. The lowest BCUT2D eigenvalue weighted by molar-refractivity contribution is 0.606. The number of rotatable bonds is 3. The van der Waals surface area contributed by atoms with Gasteiger partial charge in [0.1, 0.15) is 0 Å². The van der Waals surface area contributed by atoms with Gasteiger partial charge in [0.05, 0.1) is 5.69 Å². The molecule has 0 saturated carbocycles. The van der Waals surface area contributed by atoms with Crippen molar-refractivity contribution < 1.29 is 0 Å². The fraction of sp³-hybridized carbons (Fsp3) is 0.500. The van der Waals surface area contributed by atoms with Crippen LogP contribution in [0.3, 0.4) is 0 Å². The molecule has 0 fully saturated rings. The summed E-state index contributed by atoms with van der Waals surface area (Å²) in [6, 6.07) is 3.85. The third-order valence-corrected chi connectivity index (χ3v) is 2.56. The molecule has 0 bridgehead atoms. The van der Waals surface area contributed by atoms with E-state index in [0.717, 1.165) is 23.6 Å². The van der Waals surface area contributed by atoms with Crippen LogP contribution in [-0.4, -0.2) is 26.4 Å². The third kappa shape index (κ3) is 1.70. The topological polar surface area (TPSA) is 69.1 Å². The smallest absolute Gasteiger partial charge is 0.177 e. The molecule has 2 heterocycles. The summed E-state index contributed by atoms with van der Waals surface area (Å²) < 4.78 is 1.79. The minimum absolute atomic E-state index is 0.231. The molecule has 0 aliphatic heterocycles. The number of fused-ring (bicyclic) bond motifs is 1. The van der Waals surface area contributed by atoms with Crippen LogP contribution >= 0.6 is 0 Å². The monoisotopic (exact) mass is 205 g/mol. The van der Waals surface area contributed by atoms with Crippen molar-refractivity contribution in [1.29, 1.82) is 0 Å². The van der Waals surface area contributed by atoms with Crippen molar-refractivity contribution in [1.82, 2.24) is 19.8 Å². The number of nitrogens with zero attached hydrogens (tertiary/aromatic N) is 4. The average Bonchev–Trinajstić information content (AvgIpc) is 2.64. The van der Waals surface area contributed by atoms with E-state index in [1.165, 1.54) is 0 Å². The first-order chi connectivity index (χ1) is 7.26. The normalized spacial score (nSPS) is 13.3. The molecule has 2 aromatic heterocycles. The van der Waals surface area contributed by atoms with Crippen LogP contribution in [0.2, 0.25) is 0 Å². The Morgan fingerprint density at radius 3 is 2.87 bits per heavy atom. The molecule has 15 heavy (non-hydrogen) atoms. The Labute approximate surface area is 88.3 Å². The molecular formula is C10H15N5. The molecule has 0 saturated heterocycles. The van der Waals surface area contributed by atoms with Gasteiger partial charge in [-0.15, -0.1) is 10.2 Å². The summed E-state index contributed by atoms with van der Waals surface area (Å²) in [7, 11) is 0. The molecule has 5 nitrogen and oxygen atoms in total. The van der Waals surface area contributed by atoms with Gasteiger partial charge in [-0.3, -0.25) is 0 Å². The highest BCUT2D eigenvalue weighted by Gasteiger charge is 2.15. The van der Waals surface area contributed by atoms with E-state index in [-0.39, 0.29) is 5.92 Å². The SMILES string of the molecule is CCC(CN)c1nnc2ccc(C)nn12. The summed E-state index contributed by atoms with van der Waals surface area (Å²) in [4.78, 5) is 0. The third-order valence-electron chi connectivity index (χ3n) is 2.56. The van der Waals surface area contributed by atoms with E-state index < -0.39 is 0 Å². The molecule has 0 aliphatic carbocycles. The molecule has 2 aromatic rings. The molecule has 2 rings (SSSR count). The number of aryl methyl sites for hydroxylation is 1. The van der Waals surface area contributed by atoms with Gasteiger partial charge in [-0.2, -0.15) is 9.61 Å². The summed E-state index contributed by atoms with van der Waals surface area (Å²) in [5, 5.41) is 12.6. The van der Waals surface area contributed by atoms with Crippen LogP contribution in [0.15, 0.2) is 12.1 Å². The Hall–Kier alpha value is -1.49. The molecule has 0 aliphatic rings. The molecule has 1 atom stereocenters. The van der Waals surface area contributed by atoms with E-state index >= 15 is 0 Å². The fourth-order valence-corrected chi connectivity index (χ4v) is 1.61. The fourth-order valence-electron chi connectivity index (χ4n) is 1.61. The summed E-state index contributed by atoms with van der Waals surface area (Å²) in [6.07, 6.45) is 0.951. The second-order valence-electron chi connectivity index (χ2n) is 3.64. The van der Waals surface area contributed by atoms with Crippen molar-refractivity contribution >= 4 is 5.65 Å². The highest BCUT2D eigenvalue weighted by molar-refractivity contribution is 5.36. The number of nitrogens with two attached hydrogens (primary N) is 1. The van der Waals surface area contributed by atoms with Gasteiger partial charge in [0.2, 0.25) is 0 Å². The van der Waals surface area contributed by atoms with Crippen molar-refractivity contribution in [2.75, 3.05) is 6.54 Å². The Morgan fingerprint density at radius 1 is 1.40 bits per heavy atom. The standard InChI is InChI=1S/C10H15N5/c1-3-8(6-11)10-13-12-9-5-4-7(2)14-15(9)10/h4-5,8H,3,6,11H2,1-2H3. The minimum Gasteiger partial charge on any atom is -0.330 e. The number of aromatic nitrogens is 4. The lowest BCUT2D eigenvalue weighted by Crippen LogP contribution is -2.15. The van der Waals surface area contributed by atoms with Crippen LogP contribution in [-0.2, 0) is 0 Å². The Balaban J connectivity index is 2.55. The lowest BCUT2D eigenvalue weighted by Gasteiger charge is -2.08. The maximum Gasteiger partial charge on any atom is 0.177 e. The van der Waals surface area contributed by atoms with E-state index in [4.69, 9.17) is 5.73 Å². The Morgan fingerprint density at radius 2 is 2.20 bits per heavy atom. The number of hydrogen-bond donors (Lipinski definition) is 1. The second kappa shape index (κ2) is 3.94. The van der Waals surface area contributed by atoms with Crippen molar-refractivity contribution in [3.63, 3.8) is 0 Å². The highest BCUT2D eigenvalue weighted by Crippen LogP contribution is 2.16. The Bertz CT molecular complexity index is 458. The zero-order valence-corrected chi connectivity index (χ0v) is 9.01.